The van der Waals surface area contributed by atoms with Crippen LogP contribution < -0.4 is 16.0 Å². The van der Waals surface area contributed by atoms with Gasteiger partial charge in [0.2, 0.25) is 17.7 Å². The zero-order valence-corrected chi connectivity index (χ0v) is 78.3. The number of aliphatic hydroxyl groups excluding tert-OH is 1. The molecule has 3 aromatic rings. The molecule has 0 aromatic carbocycles. The number of aliphatic hydroxyl groups is 1. The zero-order valence-electron chi connectivity index (χ0n) is 75.6. The van der Waals surface area contributed by atoms with Crippen molar-refractivity contribution in [3.8, 4) is 0 Å². The number of carbonyl (C=O) groups is 18. The quantitative estimate of drug-likeness (QED) is 0.0262. The summed E-state index contributed by atoms with van der Waals surface area (Å²) in [6.07, 6.45) is -5.24. The number of nitrogens with one attached hydrogen (secondary N) is 3. The Labute approximate surface area is 778 Å². The lowest BCUT2D eigenvalue weighted by atomic mass is 9.95. The highest BCUT2D eigenvalue weighted by atomic mass is 31.2. The van der Waals surface area contributed by atoms with Gasteiger partial charge in [-0.25, -0.2) is 27.7 Å². The maximum atomic E-state index is 14.0. The lowest BCUT2D eigenvalue weighted by Gasteiger charge is -2.29. The lowest BCUT2D eigenvalue weighted by molar-refractivity contribution is -0.152. The summed E-state index contributed by atoms with van der Waals surface area (Å²) >= 11 is 0. The van der Waals surface area contributed by atoms with Crippen molar-refractivity contribution in [2.75, 3.05) is 78.7 Å². The Balaban J connectivity index is 1.70. The lowest BCUT2D eigenvalue weighted by Crippen LogP contribution is -2.46. The van der Waals surface area contributed by atoms with E-state index in [4.69, 9.17) is 57.8 Å². The highest BCUT2D eigenvalue weighted by molar-refractivity contribution is 7.48. The number of carboxylic acid groups (broad SMARTS) is 9. The molecule has 16 N–H and O–H groups in total. The SMILES string of the molecule is CC(C)OP(=O)(O)O[C@H](C)[C@@H](COP(=O)(O)O[C@H](C)[C@@H](COP(=O)(O)O[C@H](C)[C@@H](CO)CC(=O)CCCC(=O)Cc1cn(CC(=O)NCCCCC(C(=O)O)N(CC(=O)O)CC(=O)O)nn1)CC(=O)CCCC(=O)Cc1cn(CC(=O)NCCCCC(C(=O)O)N(CC(=O)O)CC(=O)O)nn1)CC(=O)CCCC(=O)Cc1cn(CC(=O)NCCCCC(C(=O)O)N(CC(=O)O)CC(=O)O)nn1. The molecule has 0 aliphatic carbocycles. The van der Waals surface area contributed by atoms with Crippen molar-refractivity contribution in [3.05, 3.63) is 35.7 Å². The molecule has 3 heterocycles. The van der Waals surface area contributed by atoms with E-state index in [0.29, 0.717) is 0 Å². The van der Waals surface area contributed by atoms with Gasteiger partial charge < -0.3 is 81.7 Å². The van der Waals surface area contributed by atoms with Gasteiger partial charge in [-0.15, -0.1) is 15.3 Å². The first-order chi connectivity index (χ1) is 63.7. The molecule has 55 nitrogen and oxygen atoms in total. The van der Waals surface area contributed by atoms with Crippen molar-refractivity contribution in [1.82, 2.24) is 75.6 Å². The summed E-state index contributed by atoms with van der Waals surface area (Å²) in [6, 6.07) is -4.29. The van der Waals surface area contributed by atoms with Crippen LogP contribution in [0.4, 0.5) is 0 Å². The number of aliphatic carboxylic acids is 9. The van der Waals surface area contributed by atoms with Gasteiger partial charge in [-0.1, -0.05) is 15.6 Å². The molecule has 0 bridgehead atoms. The summed E-state index contributed by atoms with van der Waals surface area (Å²) in [7, 11) is -15.7. The molecule has 12 atom stereocenters. The monoisotopic (exact) mass is 2000 g/mol. The summed E-state index contributed by atoms with van der Waals surface area (Å²) < 4.78 is 76.1. The first-order valence-electron chi connectivity index (χ1n) is 43.1. The fraction of sp³-hybridized carbons (Fsp3) is 0.692. The number of Topliss-reactive ketones (excluding diaryl/α,β-unsaturated/α-hetero) is 6. The number of hydrogen-bond acceptors (Lipinski definition) is 37. The topological polar surface area (TPSA) is 815 Å². The van der Waals surface area contributed by atoms with Crippen LogP contribution in [0.25, 0.3) is 0 Å². The Hall–Kier alpha value is -10.7. The molecule has 0 radical (unpaired) electrons. The molecular weight excluding hydrogens is 1880 g/mol. The molecule has 0 spiro atoms. The first-order valence-corrected chi connectivity index (χ1v) is 47.6. The van der Waals surface area contributed by atoms with Gasteiger partial charge in [0.25, 0.3) is 0 Å². The van der Waals surface area contributed by atoms with E-state index in [9.17, 15) is 135 Å². The van der Waals surface area contributed by atoms with Crippen LogP contribution in [0.15, 0.2) is 18.6 Å². The Bertz CT molecular complexity index is 4610. The van der Waals surface area contributed by atoms with Crippen LogP contribution in [0, 0.1) is 17.8 Å². The third kappa shape index (κ3) is 52.0. The number of phosphoric acid groups is 3. The van der Waals surface area contributed by atoms with Gasteiger partial charge in [0, 0.05) is 120 Å². The van der Waals surface area contributed by atoms with E-state index < -0.39 is 268 Å². The summed E-state index contributed by atoms with van der Waals surface area (Å²) in [5.74, 6) is -21.7. The molecule has 0 saturated carbocycles. The third-order valence-corrected chi connectivity index (χ3v) is 23.7. The molecule has 764 valence electrons. The number of rotatable bonds is 81. The molecule has 0 fully saturated rings. The number of carbonyl (C=O) groups excluding carboxylic acids is 9. The fourth-order valence-electron chi connectivity index (χ4n) is 13.7. The average molecular weight is 2000 g/mol. The van der Waals surface area contributed by atoms with E-state index in [-0.39, 0.29) is 191 Å². The van der Waals surface area contributed by atoms with Crippen LogP contribution >= 0.6 is 23.5 Å². The molecule has 3 aromatic heterocycles. The minimum atomic E-state index is -5.45. The average Bonchev–Trinajstić information content (AvgIpc) is 0.878. The van der Waals surface area contributed by atoms with Gasteiger partial charge in [-0.05, 0) is 112 Å². The van der Waals surface area contributed by atoms with Gasteiger partial charge >= 0.3 is 77.2 Å². The molecule has 0 saturated heterocycles. The number of aromatic nitrogens is 9. The van der Waals surface area contributed by atoms with Gasteiger partial charge in [0.05, 0.1) is 113 Å². The molecule has 58 heteroatoms. The second-order valence-electron chi connectivity index (χ2n) is 32.4. The van der Waals surface area contributed by atoms with Crippen LogP contribution in [0.2, 0.25) is 0 Å². The van der Waals surface area contributed by atoms with Crippen LogP contribution in [0.1, 0.15) is 187 Å². The molecule has 3 rings (SSSR count). The van der Waals surface area contributed by atoms with E-state index in [2.05, 4.69) is 46.9 Å². The Morgan fingerprint density at radius 2 is 0.603 bits per heavy atom. The Morgan fingerprint density at radius 1 is 0.353 bits per heavy atom. The summed E-state index contributed by atoms with van der Waals surface area (Å²) in [6.45, 7) is -2.36. The second kappa shape index (κ2) is 61.5. The number of amides is 3. The number of ketones is 6. The zero-order chi connectivity index (χ0) is 102. The number of nitrogens with zero attached hydrogens (tertiary/aromatic N) is 12. The largest absolute Gasteiger partial charge is 0.480 e. The minimum absolute atomic E-state index is 0.00765. The highest BCUT2D eigenvalue weighted by Gasteiger charge is 2.40. The van der Waals surface area contributed by atoms with Crippen molar-refractivity contribution < 1.29 is 193 Å². The number of phosphoric ester groups is 3. The minimum Gasteiger partial charge on any atom is -0.480 e. The molecule has 6 unspecified atom stereocenters. The standard InChI is InChI=1S/C78H122N15O40P3/c1-48(2)130-136(126,127)133-51(5)54(29-60(97)17-14-20-63(100)32-57-35-93(87-84-57)38-69(103)81-26-11-8-23-66(78(120)121)90(43-74(112)113)44-75(114)115)47-129-135(124,125)132-50(4)53(28-59(96)16-13-19-62(99)31-56-34-92(86-83-56)37-68(102)80-25-10-7-22-65(77(118)119)89(41-72(108)109)42-73(110)111)46-128-134(122,123)131-49(3)52(45-94)27-58(95)15-12-18-61(98)30-55-33-91(85-82-55)36-67(101)79-24-9-6-21-64(76(116)117)88(39-70(104)105)40-71(106)107/h33-35,48-54,64-66,94H,6-32,36-47H2,1-5H3,(H,79,101)(H,80,102)(H,81,103)(H,104,105)(H,106,107)(H,108,109)(H,110,111)(H,112,113)(H,114,115)(H,116,117)(H,118,119)(H,120,121)(H,122,123)(H,124,125)(H,126,127)/t49-,50-,51-,52-,53-,54-,64?,65?,66?/m1/s1. The second-order valence-corrected chi connectivity index (χ2v) is 36.6. The molecule has 3 amide bonds. The van der Waals surface area contributed by atoms with E-state index in [1.54, 1.807) is 0 Å². The molecule has 136 heavy (non-hydrogen) atoms. The maximum absolute atomic E-state index is 14.0. The van der Waals surface area contributed by atoms with Crippen molar-refractivity contribution >= 4 is 130 Å². The summed E-state index contributed by atoms with van der Waals surface area (Å²) in [5.41, 5.74) is 0.408. The van der Waals surface area contributed by atoms with Gasteiger partial charge in [-0.3, -0.25) is 128 Å². The molecular formula is C78H122N15O40P3. The van der Waals surface area contributed by atoms with E-state index >= 15 is 0 Å². The molecule has 0 aliphatic rings. The summed E-state index contributed by atoms with van der Waals surface area (Å²) in [5, 5.41) is 125. The number of unbranched alkanes of at least 4 members (excludes halogenated alkanes) is 3. The van der Waals surface area contributed by atoms with E-state index in [1.807, 2.05) is 0 Å². The van der Waals surface area contributed by atoms with Crippen LogP contribution in [0.5, 0.6) is 0 Å². The number of carboxylic acids is 9. The Morgan fingerprint density at radius 3 is 0.853 bits per heavy atom. The predicted octanol–water partition coefficient (Wildman–Crippen LogP) is 0.0331. The molecule has 0 aliphatic heterocycles. The highest BCUT2D eigenvalue weighted by Crippen LogP contribution is 2.51. The van der Waals surface area contributed by atoms with E-state index in [1.165, 1.54) is 46.3 Å². The van der Waals surface area contributed by atoms with Gasteiger partial charge in [0.1, 0.15) is 72.5 Å². The van der Waals surface area contributed by atoms with Crippen molar-refractivity contribution in [1.29, 1.82) is 0 Å². The smallest absolute Gasteiger partial charge is 0.472 e. The third-order valence-electron chi connectivity index (χ3n) is 20.3. The van der Waals surface area contributed by atoms with Crippen molar-refractivity contribution in [2.24, 2.45) is 17.8 Å². The predicted molar refractivity (Wildman–Crippen MR) is 459 cm³/mol. The summed E-state index contributed by atoms with van der Waals surface area (Å²) in [4.78, 5) is 256. The van der Waals surface area contributed by atoms with Crippen molar-refractivity contribution in [3.63, 3.8) is 0 Å². The van der Waals surface area contributed by atoms with Gasteiger partial charge in [-0.2, -0.15) is 0 Å². The Kier molecular flexibility index (Phi) is 54.0. The van der Waals surface area contributed by atoms with Crippen LogP contribution in [-0.2, 0) is 166 Å². The van der Waals surface area contributed by atoms with Gasteiger partial charge in [0.15, 0.2) is 0 Å². The first kappa shape index (κ1) is 119. The van der Waals surface area contributed by atoms with E-state index in [0.717, 1.165) is 35.7 Å². The maximum Gasteiger partial charge on any atom is 0.472 e. The van der Waals surface area contributed by atoms with Crippen molar-refractivity contribution in [2.45, 2.75) is 251 Å². The fourth-order valence-corrected chi connectivity index (χ4v) is 16.9. The normalized spacial score (nSPS) is 15.0. The van der Waals surface area contributed by atoms with Crippen LogP contribution in [-0.4, -0.2) is 353 Å². The van der Waals surface area contributed by atoms with Crippen LogP contribution in [0.3, 0.4) is 0 Å². The number of hydrogen-bond donors (Lipinski definition) is 16.